The SMILES string of the molecule is Cc1cc(S(=O)(=O)CC2CCCO2)ccc1N. The minimum Gasteiger partial charge on any atom is -0.399 e. The van der Waals surface area contributed by atoms with Gasteiger partial charge in [0, 0.05) is 12.3 Å². The van der Waals surface area contributed by atoms with E-state index in [-0.39, 0.29) is 11.9 Å². The van der Waals surface area contributed by atoms with Crippen molar-refractivity contribution < 1.29 is 13.2 Å². The first-order valence-corrected chi connectivity index (χ1v) is 7.35. The van der Waals surface area contributed by atoms with E-state index in [4.69, 9.17) is 10.5 Å². The van der Waals surface area contributed by atoms with Gasteiger partial charge in [-0.2, -0.15) is 0 Å². The standard InChI is InChI=1S/C12H17NO3S/c1-9-7-11(4-5-12(9)13)17(14,15)8-10-3-2-6-16-10/h4-5,7,10H,2-3,6,8,13H2,1H3. The van der Waals surface area contributed by atoms with Crippen molar-refractivity contribution in [2.24, 2.45) is 0 Å². The van der Waals surface area contributed by atoms with Crippen LogP contribution in [0.2, 0.25) is 0 Å². The summed E-state index contributed by atoms with van der Waals surface area (Å²) in [6.07, 6.45) is 1.62. The topological polar surface area (TPSA) is 69.4 Å². The second-order valence-electron chi connectivity index (χ2n) is 4.43. The van der Waals surface area contributed by atoms with Gasteiger partial charge in [-0.25, -0.2) is 8.42 Å². The molecule has 0 radical (unpaired) electrons. The first kappa shape index (κ1) is 12.4. The van der Waals surface area contributed by atoms with E-state index < -0.39 is 9.84 Å². The molecule has 0 saturated carbocycles. The Morgan fingerprint density at radius 3 is 2.82 bits per heavy atom. The molecule has 1 aromatic rings. The van der Waals surface area contributed by atoms with Gasteiger partial charge in [0.1, 0.15) is 0 Å². The summed E-state index contributed by atoms with van der Waals surface area (Å²) in [5, 5.41) is 0. The second kappa shape index (κ2) is 4.66. The molecule has 1 aliphatic heterocycles. The van der Waals surface area contributed by atoms with E-state index in [1.165, 1.54) is 0 Å². The first-order chi connectivity index (χ1) is 7.99. The molecule has 1 heterocycles. The normalized spacial score (nSPS) is 20.6. The maximum absolute atomic E-state index is 12.1. The molecule has 1 fully saturated rings. The molecule has 1 atom stereocenters. The number of nitrogens with two attached hydrogens (primary N) is 1. The van der Waals surface area contributed by atoms with Crippen LogP contribution in [0.5, 0.6) is 0 Å². The number of benzene rings is 1. The highest BCUT2D eigenvalue weighted by molar-refractivity contribution is 7.91. The van der Waals surface area contributed by atoms with Gasteiger partial charge in [0.05, 0.1) is 16.8 Å². The third kappa shape index (κ3) is 2.79. The second-order valence-corrected chi connectivity index (χ2v) is 6.47. The Bertz CT molecular complexity index is 504. The quantitative estimate of drug-likeness (QED) is 0.832. The summed E-state index contributed by atoms with van der Waals surface area (Å²) >= 11 is 0. The van der Waals surface area contributed by atoms with Gasteiger partial charge in [-0.05, 0) is 43.5 Å². The van der Waals surface area contributed by atoms with E-state index >= 15 is 0 Å². The molecule has 1 aromatic carbocycles. The third-order valence-electron chi connectivity index (χ3n) is 3.03. The fourth-order valence-corrected chi connectivity index (χ4v) is 3.53. The largest absolute Gasteiger partial charge is 0.399 e. The number of anilines is 1. The smallest absolute Gasteiger partial charge is 0.180 e. The van der Waals surface area contributed by atoms with Gasteiger partial charge in [-0.3, -0.25) is 0 Å². The molecule has 4 nitrogen and oxygen atoms in total. The lowest BCUT2D eigenvalue weighted by molar-refractivity contribution is 0.127. The Balaban J connectivity index is 2.21. The maximum Gasteiger partial charge on any atom is 0.180 e. The van der Waals surface area contributed by atoms with Crippen LogP contribution >= 0.6 is 0 Å². The van der Waals surface area contributed by atoms with Crippen LogP contribution in [0.3, 0.4) is 0 Å². The molecule has 0 spiro atoms. The van der Waals surface area contributed by atoms with Crippen LogP contribution in [0.1, 0.15) is 18.4 Å². The van der Waals surface area contributed by atoms with Crippen molar-refractivity contribution in [2.75, 3.05) is 18.1 Å². The van der Waals surface area contributed by atoms with Crippen LogP contribution in [0.4, 0.5) is 5.69 Å². The van der Waals surface area contributed by atoms with Gasteiger partial charge in [-0.15, -0.1) is 0 Å². The van der Waals surface area contributed by atoms with E-state index in [0.717, 1.165) is 18.4 Å². The van der Waals surface area contributed by atoms with Gasteiger partial charge in [0.2, 0.25) is 0 Å². The summed E-state index contributed by atoms with van der Waals surface area (Å²) in [5.41, 5.74) is 7.08. The predicted molar refractivity (Wildman–Crippen MR) is 66.6 cm³/mol. The van der Waals surface area contributed by atoms with Crippen molar-refractivity contribution in [2.45, 2.75) is 30.8 Å². The fourth-order valence-electron chi connectivity index (χ4n) is 1.96. The average Bonchev–Trinajstić information content (AvgIpc) is 2.73. The fraction of sp³-hybridized carbons (Fsp3) is 0.500. The Morgan fingerprint density at radius 2 is 2.24 bits per heavy atom. The molecule has 0 amide bonds. The third-order valence-corrected chi connectivity index (χ3v) is 4.81. The van der Waals surface area contributed by atoms with Crippen LogP contribution < -0.4 is 5.73 Å². The summed E-state index contributed by atoms with van der Waals surface area (Å²) < 4.78 is 29.6. The van der Waals surface area contributed by atoms with E-state index in [0.29, 0.717) is 17.2 Å². The lowest BCUT2D eigenvalue weighted by atomic mass is 10.2. The van der Waals surface area contributed by atoms with Crippen LogP contribution in [0.15, 0.2) is 23.1 Å². The van der Waals surface area contributed by atoms with Crippen molar-refractivity contribution in [3.8, 4) is 0 Å². The number of hydrogen-bond donors (Lipinski definition) is 1. The van der Waals surface area contributed by atoms with Crippen LogP contribution in [0, 0.1) is 6.92 Å². The molecule has 0 aliphatic carbocycles. The van der Waals surface area contributed by atoms with Crippen molar-refractivity contribution in [3.63, 3.8) is 0 Å². The first-order valence-electron chi connectivity index (χ1n) is 5.69. The van der Waals surface area contributed by atoms with Crippen molar-refractivity contribution in [1.82, 2.24) is 0 Å². The number of sulfone groups is 1. The molecular weight excluding hydrogens is 238 g/mol. The zero-order chi connectivity index (χ0) is 12.5. The van der Waals surface area contributed by atoms with Crippen molar-refractivity contribution in [1.29, 1.82) is 0 Å². The number of nitrogen functional groups attached to an aromatic ring is 1. The molecule has 2 rings (SSSR count). The van der Waals surface area contributed by atoms with Gasteiger partial charge in [0.15, 0.2) is 9.84 Å². The molecular formula is C12H17NO3S. The van der Waals surface area contributed by atoms with Crippen LogP contribution in [-0.2, 0) is 14.6 Å². The minimum absolute atomic E-state index is 0.0658. The molecule has 1 unspecified atom stereocenters. The summed E-state index contributed by atoms with van der Waals surface area (Å²) in [6.45, 7) is 2.47. The number of hydrogen-bond acceptors (Lipinski definition) is 4. The van der Waals surface area contributed by atoms with Crippen molar-refractivity contribution in [3.05, 3.63) is 23.8 Å². The molecule has 94 valence electrons. The molecule has 1 saturated heterocycles. The molecule has 17 heavy (non-hydrogen) atoms. The summed E-state index contributed by atoms with van der Waals surface area (Å²) in [6, 6.07) is 4.82. The van der Waals surface area contributed by atoms with Gasteiger partial charge < -0.3 is 10.5 Å². The maximum atomic E-state index is 12.1. The average molecular weight is 255 g/mol. The molecule has 0 bridgehead atoms. The summed E-state index contributed by atoms with van der Waals surface area (Å²) in [7, 11) is -3.26. The highest BCUT2D eigenvalue weighted by Crippen LogP contribution is 2.21. The Hall–Kier alpha value is -1.07. The Morgan fingerprint density at radius 1 is 1.47 bits per heavy atom. The summed E-state index contributed by atoms with van der Waals surface area (Å²) in [5.74, 6) is 0.0658. The highest BCUT2D eigenvalue weighted by Gasteiger charge is 2.24. The molecule has 5 heteroatoms. The molecule has 2 N–H and O–H groups in total. The monoisotopic (exact) mass is 255 g/mol. The highest BCUT2D eigenvalue weighted by atomic mass is 32.2. The van der Waals surface area contributed by atoms with Crippen molar-refractivity contribution >= 4 is 15.5 Å². The predicted octanol–water partition coefficient (Wildman–Crippen LogP) is 1.53. The van der Waals surface area contributed by atoms with Gasteiger partial charge >= 0.3 is 0 Å². The molecule has 1 aliphatic rings. The van der Waals surface area contributed by atoms with Crippen LogP contribution in [0.25, 0.3) is 0 Å². The lowest BCUT2D eigenvalue weighted by Crippen LogP contribution is -2.20. The number of ether oxygens (including phenoxy) is 1. The van der Waals surface area contributed by atoms with Gasteiger partial charge in [0.25, 0.3) is 0 Å². The zero-order valence-corrected chi connectivity index (χ0v) is 10.7. The van der Waals surface area contributed by atoms with E-state index in [9.17, 15) is 8.42 Å². The van der Waals surface area contributed by atoms with Crippen LogP contribution in [-0.4, -0.2) is 26.9 Å². The minimum atomic E-state index is -3.26. The number of aryl methyl sites for hydroxylation is 1. The molecule has 0 aromatic heterocycles. The number of rotatable bonds is 3. The Kier molecular flexibility index (Phi) is 3.40. The van der Waals surface area contributed by atoms with E-state index in [1.54, 1.807) is 25.1 Å². The Labute approximate surface area is 102 Å². The van der Waals surface area contributed by atoms with Gasteiger partial charge in [-0.1, -0.05) is 0 Å². The lowest BCUT2D eigenvalue weighted by Gasteiger charge is -2.11. The van der Waals surface area contributed by atoms with E-state index in [1.807, 2.05) is 0 Å². The summed E-state index contributed by atoms with van der Waals surface area (Å²) in [4.78, 5) is 0.333. The van der Waals surface area contributed by atoms with E-state index in [2.05, 4.69) is 0 Å². The zero-order valence-electron chi connectivity index (χ0n) is 9.85.